The van der Waals surface area contributed by atoms with Crippen molar-refractivity contribution in [3.8, 4) is 0 Å². The number of anilines is 1. The van der Waals surface area contributed by atoms with Gasteiger partial charge in [-0.25, -0.2) is 4.98 Å². The number of aryl methyl sites for hydroxylation is 1. The summed E-state index contributed by atoms with van der Waals surface area (Å²) < 4.78 is 0. The number of hydrogen-bond donors (Lipinski definition) is 1. The van der Waals surface area contributed by atoms with Crippen molar-refractivity contribution < 1.29 is 4.79 Å². The lowest BCUT2D eigenvalue weighted by atomic mass is 10.3. The molecule has 1 aliphatic rings. The summed E-state index contributed by atoms with van der Waals surface area (Å²) in [6.07, 6.45) is 2.12. The average Bonchev–Trinajstić information content (AvgIpc) is 2.46. The number of nitrogens with zero attached hydrogens (tertiary/aromatic N) is 2. The molecule has 0 bridgehead atoms. The molecule has 1 amide bonds. The maximum absolute atomic E-state index is 11.5. The third-order valence-electron chi connectivity index (χ3n) is 2.39. The highest BCUT2D eigenvalue weighted by Crippen LogP contribution is 2.21. The van der Waals surface area contributed by atoms with Crippen LogP contribution in [-0.4, -0.2) is 23.5 Å². The number of amides is 1. The van der Waals surface area contributed by atoms with Gasteiger partial charge in [0.2, 0.25) is 5.91 Å². The van der Waals surface area contributed by atoms with E-state index < -0.39 is 0 Å². The molecule has 2 N–H and O–H groups in total. The van der Waals surface area contributed by atoms with Gasteiger partial charge in [-0.1, -0.05) is 6.07 Å². The summed E-state index contributed by atoms with van der Waals surface area (Å²) in [5.41, 5.74) is 6.72. The third-order valence-corrected chi connectivity index (χ3v) is 2.39. The molecule has 1 fully saturated rings. The standard InChI is InChI=1S/C10H13N3O/c1-7-3-2-4-12-10(7)13-6-8(11)5-9(13)14/h2-4,8H,5-6,11H2,1H3. The summed E-state index contributed by atoms with van der Waals surface area (Å²) >= 11 is 0. The molecule has 1 aromatic heterocycles. The predicted molar refractivity (Wildman–Crippen MR) is 53.9 cm³/mol. The van der Waals surface area contributed by atoms with E-state index in [1.165, 1.54) is 0 Å². The highest BCUT2D eigenvalue weighted by atomic mass is 16.2. The molecule has 2 rings (SSSR count). The van der Waals surface area contributed by atoms with E-state index in [1.807, 2.05) is 19.1 Å². The second kappa shape index (κ2) is 3.38. The van der Waals surface area contributed by atoms with Gasteiger partial charge in [0.1, 0.15) is 5.82 Å². The Morgan fingerprint density at radius 1 is 1.64 bits per heavy atom. The van der Waals surface area contributed by atoms with Crippen molar-refractivity contribution in [1.29, 1.82) is 0 Å². The topological polar surface area (TPSA) is 59.2 Å². The van der Waals surface area contributed by atoms with Gasteiger partial charge in [-0.3, -0.25) is 9.69 Å². The van der Waals surface area contributed by atoms with Crippen molar-refractivity contribution in [2.24, 2.45) is 5.73 Å². The highest BCUT2D eigenvalue weighted by Gasteiger charge is 2.29. The molecule has 0 spiro atoms. The number of pyridine rings is 1. The van der Waals surface area contributed by atoms with E-state index >= 15 is 0 Å². The fourth-order valence-electron chi connectivity index (χ4n) is 1.70. The Morgan fingerprint density at radius 3 is 3.00 bits per heavy atom. The van der Waals surface area contributed by atoms with Crippen molar-refractivity contribution in [1.82, 2.24) is 4.98 Å². The number of carbonyl (C=O) groups excluding carboxylic acids is 1. The maximum Gasteiger partial charge on any atom is 0.229 e. The van der Waals surface area contributed by atoms with Crippen molar-refractivity contribution in [3.63, 3.8) is 0 Å². The average molecular weight is 191 g/mol. The first-order valence-electron chi connectivity index (χ1n) is 4.66. The van der Waals surface area contributed by atoms with Crippen molar-refractivity contribution in [2.75, 3.05) is 11.4 Å². The molecule has 0 saturated carbocycles. The van der Waals surface area contributed by atoms with Gasteiger partial charge in [0, 0.05) is 25.2 Å². The van der Waals surface area contributed by atoms with E-state index in [2.05, 4.69) is 4.98 Å². The molecule has 74 valence electrons. The van der Waals surface area contributed by atoms with Crippen molar-refractivity contribution in [3.05, 3.63) is 23.9 Å². The van der Waals surface area contributed by atoms with Gasteiger partial charge >= 0.3 is 0 Å². The summed E-state index contributed by atoms with van der Waals surface area (Å²) in [5.74, 6) is 0.810. The molecular weight excluding hydrogens is 178 g/mol. The van der Waals surface area contributed by atoms with E-state index in [9.17, 15) is 4.79 Å². The molecular formula is C10H13N3O. The number of rotatable bonds is 1. The van der Waals surface area contributed by atoms with Crippen molar-refractivity contribution in [2.45, 2.75) is 19.4 Å². The van der Waals surface area contributed by atoms with Gasteiger partial charge in [-0.05, 0) is 18.6 Å². The summed E-state index contributed by atoms with van der Waals surface area (Å²) in [6, 6.07) is 3.75. The lowest BCUT2D eigenvalue weighted by Gasteiger charge is -2.16. The fraction of sp³-hybridized carbons (Fsp3) is 0.400. The van der Waals surface area contributed by atoms with Crippen LogP contribution in [0.25, 0.3) is 0 Å². The Kier molecular flexibility index (Phi) is 2.21. The molecule has 0 aromatic carbocycles. The smallest absolute Gasteiger partial charge is 0.229 e. The minimum atomic E-state index is -0.0519. The van der Waals surface area contributed by atoms with Gasteiger partial charge in [-0.15, -0.1) is 0 Å². The molecule has 1 aromatic rings. The summed E-state index contributed by atoms with van der Waals surface area (Å²) in [5, 5.41) is 0. The van der Waals surface area contributed by atoms with Crippen LogP contribution < -0.4 is 10.6 Å². The van der Waals surface area contributed by atoms with Crippen LogP contribution in [0.4, 0.5) is 5.82 Å². The molecule has 4 heteroatoms. The first-order chi connectivity index (χ1) is 6.68. The maximum atomic E-state index is 11.5. The van der Waals surface area contributed by atoms with Crippen LogP contribution in [0.2, 0.25) is 0 Å². The Morgan fingerprint density at radius 2 is 2.43 bits per heavy atom. The van der Waals surface area contributed by atoms with Crippen molar-refractivity contribution >= 4 is 11.7 Å². The van der Waals surface area contributed by atoms with Gasteiger partial charge in [0.25, 0.3) is 0 Å². The molecule has 1 atom stereocenters. The quantitative estimate of drug-likeness (QED) is 0.701. The minimum absolute atomic E-state index is 0.0519. The third kappa shape index (κ3) is 1.48. The molecule has 1 aliphatic heterocycles. The van der Waals surface area contributed by atoms with Crippen LogP contribution in [0, 0.1) is 6.92 Å². The number of nitrogens with two attached hydrogens (primary N) is 1. The van der Waals surface area contributed by atoms with Crippen LogP contribution in [0.1, 0.15) is 12.0 Å². The number of hydrogen-bond acceptors (Lipinski definition) is 3. The zero-order chi connectivity index (χ0) is 10.1. The summed E-state index contributed by atoms with van der Waals surface area (Å²) in [4.78, 5) is 17.4. The van der Waals surface area contributed by atoms with Crippen LogP contribution in [0.15, 0.2) is 18.3 Å². The first-order valence-corrected chi connectivity index (χ1v) is 4.66. The summed E-state index contributed by atoms with van der Waals surface area (Å²) in [7, 11) is 0. The van der Waals surface area contributed by atoms with Gasteiger partial charge in [0.15, 0.2) is 0 Å². The lowest BCUT2D eigenvalue weighted by Crippen LogP contribution is -2.29. The fourth-order valence-corrected chi connectivity index (χ4v) is 1.70. The monoisotopic (exact) mass is 191 g/mol. The molecule has 4 nitrogen and oxygen atoms in total. The number of carbonyl (C=O) groups is 1. The second-order valence-electron chi connectivity index (χ2n) is 3.61. The van der Waals surface area contributed by atoms with E-state index in [1.54, 1.807) is 11.1 Å². The molecule has 14 heavy (non-hydrogen) atoms. The Bertz CT molecular complexity index is 364. The number of aromatic nitrogens is 1. The lowest BCUT2D eigenvalue weighted by molar-refractivity contribution is -0.117. The largest absolute Gasteiger partial charge is 0.326 e. The second-order valence-corrected chi connectivity index (χ2v) is 3.61. The van der Waals surface area contributed by atoms with Crippen LogP contribution >= 0.6 is 0 Å². The Balaban J connectivity index is 2.32. The zero-order valence-electron chi connectivity index (χ0n) is 8.10. The van der Waals surface area contributed by atoms with Crippen LogP contribution in [0.5, 0.6) is 0 Å². The van der Waals surface area contributed by atoms with Crippen LogP contribution in [-0.2, 0) is 4.79 Å². The normalized spacial score (nSPS) is 21.7. The molecule has 0 radical (unpaired) electrons. The zero-order valence-corrected chi connectivity index (χ0v) is 8.10. The van der Waals surface area contributed by atoms with E-state index in [4.69, 9.17) is 5.73 Å². The SMILES string of the molecule is Cc1cccnc1N1CC(N)CC1=O. The Labute approximate surface area is 82.7 Å². The van der Waals surface area contributed by atoms with Gasteiger partial charge in [-0.2, -0.15) is 0 Å². The molecule has 1 saturated heterocycles. The molecule has 1 unspecified atom stereocenters. The first kappa shape index (κ1) is 9.15. The molecule has 0 aliphatic carbocycles. The van der Waals surface area contributed by atoms with Crippen LogP contribution in [0.3, 0.4) is 0 Å². The molecule has 2 heterocycles. The van der Waals surface area contributed by atoms with E-state index in [-0.39, 0.29) is 11.9 Å². The highest BCUT2D eigenvalue weighted by molar-refractivity contribution is 5.95. The predicted octanol–water partition coefficient (Wildman–Crippen LogP) is 0.454. The summed E-state index contributed by atoms with van der Waals surface area (Å²) in [6.45, 7) is 2.52. The van der Waals surface area contributed by atoms with E-state index in [0.29, 0.717) is 13.0 Å². The van der Waals surface area contributed by atoms with E-state index in [0.717, 1.165) is 11.4 Å². The van der Waals surface area contributed by atoms with Gasteiger partial charge < -0.3 is 5.73 Å². The van der Waals surface area contributed by atoms with Gasteiger partial charge in [0.05, 0.1) is 0 Å². The Hall–Kier alpha value is -1.42. The minimum Gasteiger partial charge on any atom is -0.326 e.